The van der Waals surface area contributed by atoms with Crippen LogP contribution in [-0.2, 0) is 17.9 Å². The van der Waals surface area contributed by atoms with Gasteiger partial charge in [-0.15, -0.1) is 0 Å². The Morgan fingerprint density at radius 2 is 1.50 bits per heavy atom. The summed E-state index contributed by atoms with van der Waals surface area (Å²) < 4.78 is 5.23. The van der Waals surface area contributed by atoms with E-state index in [0.717, 1.165) is 38.5 Å². The molecule has 5 nitrogen and oxygen atoms in total. The van der Waals surface area contributed by atoms with Crippen LogP contribution in [0.25, 0.3) is 0 Å². The molecular weight excluding hydrogens is 350 g/mol. The Morgan fingerprint density at radius 3 is 2.11 bits per heavy atom. The number of likely N-dealkylation sites (N-methyl/N-ethyl adjacent to an activating group) is 1. The second kappa shape index (κ2) is 9.71. The van der Waals surface area contributed by atoms with Crippen LogP contribution in [0.15, 0.2) is 48.5 Å². The SMILES string of the molecule is COc1ccc(C[NH+]2CC[NH+](CC(=O)N(C)Cc3ccc(C)cc3)CC2)cc1. The molecule has 3 rings (SSSR count). The van der Waals surface area contributed by atoms with Gasteiger partial charge >= 0.3 is 0 Å². The van der Waals surface area contributed by atoms with Gasteiger partial charge in [-0.2, -0.15) is 0 Å². The van der Waals surface area contributed by atoms with Crippen LogP contribution in [0.2, 0.25) is 0 Å². The highest BCUT2D eigenvalue weighted by molar-refractivity contribution is 5.76. The summed E-state index contributed by atoms with van der Waals surface area (Å²) >= 11 is 0. The van der Waals surface area contributed by atoms with Gasteiger partial charge in [0.2, 0.25) is 0 Å². The summed E-state index contributed by atoms with van der Waals surface area (Å²) in [7, 11) is 3.61. The van der Waals surface area contributed by atoms with Crippen molar-refractivity contribution >= 4 is 5.91 Å². The maximum atomic E-state index is 12.6. The van der Waals surface area contributed by atoms with Gasteiger partial charge in [0.05, 0.1) is 7.11 Å². The summed E-state index contributed by atoms with van der Waals surface area (Å²) in [5.74, 6) is 1.13. The van der Waals surface area contributed by atoms with Gasteiger partial charge in [-0.3, -0.25) is 4.79 Å². The number of carbonyl (C=O) groups excluding carboxylic acids is 1. The fourth-order valence-electron chi connectivity index (χ4n) is 3.75. The average Bonchev–Trinajstić information content (AvgIpc) is 2.71. The molecule has 0 radical (unpaired) electrons. The predicted octanol–water partition coefficient (Wildman–Crippen LogP) is -0.0544. The number of amides is 1. The molecule has 2 aromatic carbocycles. The van der Waals surface area contributed by atoms with Crippen molar-refractivity contribution in [1.82, 2.24) is 4.90 Å². The predicted molar refractivity (Wildman–Crippen MR) is 111 cm³/mol. The summed E-state index contributed by atoms with van der Waals surface area (Å²) in [6.07, 6.45) is 0. The van der Waals surface area contributed by atoms with E-state index < -0.39 is 0 Å². The maximum absolute atomic E-state index is 12.6. The topological polar surface area (TPSA) is 38.4 Å². The number of methoxy groups -OCH3 is 1. The molecule has 2 aromatic rings. The average molecular weight is 384 g/mol. The molecule has 1 aliphatic heterocycles. The van der Waals surface area contributed by atoms with Crippen LogP contribution < -0.4 is 14.5 Å². The molecular formula is C23H33N3O2+2. The van der Waals surface area contributed by atoms with Crippen LogP contribution in [0.1, 0.15) is 16.7 Å². The van der Waals surface area contributed by atoms with Gasteiger partial charge in [0.15, 0.2) is 6.54 Å². The minimum atomic E-state index is 0.231. The number of rotatable bonds is 7. The van der Waals surface area contributed by atoms with Crippen LogP contribution in [0.5, 0.6) is 5.75 Å². The molecule has 0 spiro atoms. The number of nitrogens with one attached hydrogen (secondary N) is 2. The monoisotopic (exact) mass is 383 g/mol. The number of piperazine rings is 1. The first-order chi connectivity index (χ1) is 13.5. The number of carbonyl (C=O) groups is 1. The second-order valence-electron chi connectivity index (χ2n) is 7.94. The molecule has 150 valence electrons. The molecule has 1 aliphatic rings. The highest BCUT2D eigenvalue weighted by Crippen LogP contribution is 2.10. The van der Waals surface area contributed by atoms with Gasteiger partial charge < -0.3 is 19.4 Å². The van der Waals surface area contributed by atoms with Crippen LogP contribution in [-0.4, -0.2) is 57.7 Å². The van der Waals surface area contributed by atoms with Crippen molar-refractivity contribution in [3.8, 4) is 5.75 Å². The van der Waals surface area contributed by atoms with E-state index in [-0.39, 0.29) is 5.91 Å². The lowest BCUT2D eigenvalue weighted by Gasteiger charge is -2.30. The van der Waals surface area contributed by atoms with E-state index in [2.05, 4.69) is 43.3 Å². The second-order valence-corrected chi connectivity index (χ2v) is 7.94. The van der Waals surface area contributed by atoms with Crippen molar-refractivity contribution in [2.24, 2.45) is 0 Å². The Bertz CT molecular complexity index is 750. The number of aryl methyl sites for hydroxylation is 1. The lowest BCUT2D eigenvalue weighted by atomic mass is 10.1. The smallest absolute Gasteiger partial charge is 0.277 e. The minimum absolute atomic E-state index is 0.231. The van der Waals surface area contributed by atoms with Crippen LogP contribution in [0, 0.1) is 6.92 Å². The standard InChI is InChI=1S/C23H31N3O2/c1-19-4-6-20(7-5-19)16-24(2)23(27)18-26-14-12-25(13-15-26)17-21-8-10-22(28-3)11-9-21/h4-11H,12-18H2,1-3H3/p+2. The number of nitrogens with zero attached hydrogens (tertiary/aromatic N) is 1. The van der Waals surface area contributed by atoms with Crippen molar-refractivity contribution in [3.63, 3.8) is 0 Å². The van der Waals surface area contributed by atoms with Gasteiger partial charge in [0, 0.05) is 19.2 Å². The Labute approximate surface area is 168 Å². The molecule has 1 saturated heterocycles. The van der Waals surface area contributed by atoms with Crippen molar-refractivity contribution in [3.05, 3.63) is 65.2 Å². The molecule has 0 unspecified atom stereocenters. The van der Waals surface area contributed by atoms with E-state index in [4.69, 9.17) is 4.74 Å². The zero-order chi connectivity index (χ0) is 19.9. The van der Waals surface area contributed by atoms with Crippen LogP contribution in [0.4, 0.5) is 0 Å². The molecule has 1 heterocycles. The van der Waals surface area contributed by atoms with Crippen LogP contribution in [0.3, 0.4) is 0 Å². The number of benzene rings is 2. The third-order valence-corrected chi connectivity index (χ3v) is 5.64. The third kappa shape index (κ3) is 5.81. The van der Waals surface area contributed by atoms with E-state index in [1.54, 1.807) is 12.0 Å². The van der Waals surface area contributed by atoms with Crippen molar-refractivity contribution < 1.29 is 19.3 Å². The van der Waals surface area contributed by atoms with Crippen molar-refractivity contribution in [2.75, 3.05) is 46.9 Å². The lowest BCUT2D eigenvalue weighted by Crippen LogP contribution is -3.28. The largest absolute Gasteiger partial charge is 0.497 e. The highest BCUT2D eigenvalue weighted by atomic mass is 16.5. The summed E-state index contributed by atoms with van der Waals surface area (Å²) in [6.45, 7) is 8.72. The Hall–Kier alpha value is -2.37. The van der Waals surface area contributed by atoms with Gasteiger partial charge in [0.1, 0.15) is 38.5 Å². The molecule has 0 atom stereocenters. The first-order valence-corrected chi connectivity index (χ1v) is 10.1. The first-order valence-electron chi connectivity index (χ1n) is 10.1. The van der Waals surface area contributed by atoms with Gasteiger partial charge in [0.25, 0.3) is 5.91 Å². The molecule has 0 aliphatic carbocycles. The maximum Gasteiger partial charge on any atom is 0.277 e. The molecule has 1 fully saturated rings. The minimum Gasteiger partial charge on any atom is -0.497 e. The fourth-order valence-corrected chi connectivity index (χ4v) is 3.75. The lowest BCUT2D eigenvalue weighted by molar-refractivity contribution is -1.02. The summed E-state index contributed by atoms with van der Waals surface area (Å²) in [4.78, 5) is 17.5. The molecule has 0 aromatic heterocycles. The number of hydrogen-bond donors (Lipinski definition) is 2. The number of ether oxygens (including phenoxy) is 1. The number of hydrogen-bond acceptors (Lipinski definition) is 2. The van der Waals surface area contributed by atoms with E-state index in [1.165, 1.54) is 21.6 Å². The summed E-state index contributed by atoms with van der Waals surface area (Å²) in [5.41, 5.74) is 3.77. The van der Waals surface area contributed by atoms with E-state index >= 15 is 0 Å². The third-order valence-electron chi connectivity index (χ3n) is 5.64. The Balaban J connectivity index is 1.41. The van der Waals surface area contributed by atoms with Gasteiger partial charge in [-0.25, -0.2) is 0 Å². The zero-order valence-corrected chi connectivity index (χ0v) is 17.3. The molecule has 1 amide bonds. The van der Waals surface area contributed by atoms with Crippen molar-refractivity contribution in [1.29, 1.82) is 0 Å². The molecule has 2 N–H and O–H groups in total. The van der Waals surface area contributed by atoms with E-state index in [1.807, 2.05) is 24.1 Å². The normalized spacial score (nSPS) is 19.2. The molecule has 0 bridgehead atoms. The Morgan fingerprint density at radius 1 is 0.929 bits per heavy atom. The zero-order valence-electron chi connectivity index (χ0n) is 17.3. The van der Waals surface area contributed by atoms with Gasteiger partial charge in [-0.05, 0) is 36.8 Å². The summed E-state index contributed by atoms with van der Waals surface area (Å²) in [6, 6.07) is 16.8. The van der Waals surface area contributed by atoms with Gasteiger partial charge in [-0.1, -0.05) is 29.8 Å². The van der Waals surface area contributed by atoms with E-state index in [0.29, 0.717) is 13.1 Å². The van der Waals surface area contributed by atoms with Crippen LogP contribution >= 0.6 is 0 Å². The highest BCUT2D eigenvalue weighted by Gasteiger charge is 2.26. The molecule has 0 saturated carbocycles. The Kier molecular flexibility index (Phi) is 7.06. The fraction of sp³-hybridized carbons (Fsp3) is 0.435. The molecule has 5 heteroatoms. The molecule has 28 heavy (non-hydrogen) atoms. The number of quaternary nitrogens is 2. The van der Waals surface area contributed by atoms with Crippen molar-refractivity contribution in [2.45, 2.75) is 20.0 Å². The summed E-state index contributed by atoms with van der Waals surface area (Å²) in [5, 5.41) is 0. The quantitative estimate of drug-likeness (QED) is 0.704. The van der Waals surface area contributed by atoms with E-state index in [9.17, 15) is 4.79 Å². The first kappa shape index (κ1) is 20.4.